The van der Waals surface area contributed by atoms with E-state index in [9.17, 15) is 4.79 Å². The molecule has 1 rings (SSSR count). The highest BCUT2D eigenvalue weighted by molar-refractivity contribution is 5.66. The Labute approximate surface area is 89.3 Å². The van der Waals surface area contributed by atoms with Gasteiger partial charge in [0.05, 0.1) is 12.1 Å². The summed E-state index contributed by atoms with van der Waals surface area (Å²) >= 11 is 0. The number of carbonyl (C=O) groups is 1. The summed E-state index contributed by atoms with van der Waals surface area (Å²) in [5.41, 5.74) is 2.21. The summed E-state index contributed by atoms with van der Waals surface area (Å²) in [6.07, 6.45) is 2.85. The van der Waals surface area contributed by atoms with Crippen molar-refractivity contribution in [1.82, 2.24) is 10.3 Å². The molecule has 4 nitrogen and oxygen atoms in total. The van der Waals surface area contributed by atoms with Crippen LogP contribution in [0.4, 0.5) is 0 Å². The number of pyridine rings is 1. The SMILES string of the molecule is CCc1cccnc1CNCCC(=O)O. The van der Waals surface area contributed by atoms with Crippen molar-refractivity contribution in [2.45, 2.75) is 26.3 Å². The fourth-order valence-electron chi connectivity index (χ4n) is 1.35. The number of nitrogens with zero attached hydrogens (tertiary/aromatic N) is 1. The Bertz CT molecular complexity index is 326. The summed E-state index contributed by atoms with van der Waals surface area (Å²) in [5.74, 6) is -0.778. The molecule has 0 aliphatic heterocycles. The molecule has 0 atom stereocenters. The fourth-order valence-corrected chi connectivity index (χ4v) is 1.35. The maximum Gasteiger partial charge on any atom is 0.304 e. The van der Waals surface area contributed by atoms with Crippen molar-refractivity contribution in [3.8, 4) is 0 Å². The predicted octanol–water partition coefficient (Wildman–Crippen LogP) is 1.21. The molecule has 0 fully saturated rings. The molecule has 0 aromatic carbocycles. The maximum absolute atomic E-state index is 10.3. The van der Waals surface area contributed by atoms with E-state index in [2.05, 4.69) is 17.2 Å². The second-order valence-corrected chi connectivity index (χ2v) is 3.28. The molecule has 1 heterocycles. The van der Waals surface area contributed by atoms with Gasteiger partial charge in [-0.2, -0.15) is 0 Å². The number of rotatable bonds is 6. The largest absolute Gasteiger partial charge is 0.481 e. The number of hydrogen-bond acceptors (Lipinski definition) is 3. The first kappa shape index (κ1) is 11.7. The molecule has 0 unspecified atom stereocenters. The molecule has 0 aliphatic rings. The molecule has 4 heteroatoms. The lowest BCUT2D eigenvalue weighted by Gasteiger charge is -2.06. The van der Waals surface area contributed by atoms with E-state index in [1.807, 2.05) is 12.1 Å². The lowest BCUT2D eigenvalue weighted by Crippen LogP contribution is -2.19. The summed E-state index contributed by atoms with van der Waals surface area (Å²) < 4.78 is 0. The van der Waals surface area contributed by atoms with Gasteiger partial charge in [-0.25, -0.2) is 0 Å². The number of hydrogen-bond donors (Lipinski definition) is 2. The summed E-state index contributed by atoms with van der Waals surface area (Å²) in [6, 6.07) is 3.96. The Balaban J connectivity index is 2.39. The molecule has 2 N–H and O–H groups in total. The molecule has 15 heavy (non-hydrogen) atoms. The Hall–Kier alpha value is -1.42. The maximum atomic E-state index is 10.3. The molecule has 0 bridgehead atoms. The zero-order valence-electron chi connectivity index (χ0n) is 8.86. The third-order valence-electron chi connectivity index (χ3n) is 2.17. The third-order valence-corrected chi connectivity index (χ3v) is 2.17. The van der Waals surface area contributed by atoms with Crippen LogP contribution >= 0.6 is 0 Å². The van der Waals surface area contributed by atoms with Gasteiger partial charge in [0.15, 0.2) is 0 Å². The lowest BCUT2D eigenvalue weighted by molar-refractivity contribution is -0.136. The first-order valence-corrected chi connectivity index (χ1v) is 5.09. The van der Waals surface area contributed by atoms with Gasteiger partial charge < -0.3 is 10.4 Å². The van der Waals surface area contributed by atoms with Gasteiger partial charge in [0.1, 0.15) is 0 Å². The van der Waals surface area contributed by atoms with E-state index in [1.165, 1.54) is 5.56 Å². The molecular weight excluding hydrogens is 192 g/mol. The number of aryl methyl sites for hydroxylation is 1. The molecule has 0 aliphatic carbocycles. The fraction of sp³-hybridized carbons (Fsp3) is 0.455. The molecule has 0 radical (unpaired) electrons. The summed E-state index contributed by atoms with van der Waals surface area (Å²) in [7, 11) is 0. The quantitative estimate of drug-likeness (QED) is 0.690. The van der Waals surface area contributed by atoms with Crippen LogP contribution < -0.4 is 5.32 Å². The number of aromatic nitrogens is 1. The van der Waals surface area contributed by atoms with E-state index in [0.717, 1.165) is 12.1 Å². The van der Waals surface area contributed by atoms with Crippen LogP contribution in [0.5, 0.6) is 0 Å². The Kier molecular flexibility index (Phi) is 4.77. The Morgan fingerprint density at radius 1 is 1.60 bits per heavy atom. The van der Waals surface area contributed by atoms with Gasteiger partial charge in [-0.1, -0.05) is 13.0 Å². The monoisotopic (exact) mass is 208 g/mol. The van der Waals surface area contributed by atoms with Crippen LogP contribution in [0.25, 0.3) is 0 Å². The van der Waals surface area contributed by atoms with Crippen molar-refractivity contribution in [2.24, 2.45) is 0 Å². The van der Waals surface area contributed by atoms with Crippen LogP contribution in [-0.4, -0.2) is 22.6 Å². The van der Waals surface area contributed by atoms with Crippen LogP contribution in [-0.2, 0) is 17.8 Å². The van der Waals surface area contributed by atoms with Crippen molar-refractivity contribution >= 4 is 5.97 Å². The lowest BCUT2D eigenvalue weighted by atomic mass is 10.1. The van der Waals surface area contributed by atoms with Crippen molar-refractivity contribution < 1.29 is 9.90 Å². The van der Waals surface area contributed by atoms with Crippen molar-refractivity contribution in [3.05, 3.63) is 29.6 Å². The minimum Gasteiger partial charge on any atom is -0.481 e. The number of aliphatic carboxylic acids is 1. The third kappa shape index (κ3) is 4.08. The minimum atomic E-state index is -0.778. The highest BCUT2D eigenvalue weighted by Crippen LogP contribution is 2.05. The van der Waals surface area contributed by atoms with Gasteiger partial charge >= 0.3 is 5.97 Å². The van der Waals surface area contributed by atoms with E-state index in [-0.39, 0.29) is 6.42 Å². The molecular formula is C11H16N2O2. The van der Waals surface area contributed by atoms with Crippen LogP contribution in [0.3, 0.4) is 0 Å². The molecule has 0 saturated heterocycles. The van der Waals surface area contributed by atoms with Gasteiger partial charge in [0, 0.05) is 19.3 Å². The van der Waals surface area contributed by atoms with Crippen molar-refractivity contribution in [1.29, 1.82) is 0 Å². The average molecular weight is 208 g/mol. The topological polar surface area (TPSA) is 62.2 Å². The summed E-state index contributed by atoms with van der Waals surface area (Å²) in [5, 5.41) is 11.5. The highest BCUT2D eigenvalue weighted by atomic mass is 16.4. The molecule has 0 spiro atoms. The van der Waals surface area contributed by atoms with Gasteiger partial charge in [0.25, 0.3) is 0 Å². The van der Waals surface area contributed by atoms with Crippen LogP contribution in [0.1, 0.15) is 24.6 Å². The summed E-state index contributed by atoms with van der Waals surface area (Å²) in [4.78, 5) is 14.5. The smallest absolute Gasteiger partial charge is 0.304 e. The van der Waals surface area contributed by atoms with Gasteiger partial charge in [-0.15, -0.1) is 0 Å². The average Bonchev–Trinajstić information content (AvgIpc) is 2.24. The Morgan fingerprint density at radius 3 is 3.07 bits per heavy atom. The Morgan fingerprint density at radius 2 is 2.40 bits per heavy atom. The first-order valence-electron chi connectivity index (χ1n) is 5.09. The number of nitrogens with one attached hydrogen (secondary N) is 1. The standard InChI is InChI=1S/C11H16N2O2/c1-2-9-4-3-6-13-10(9)8-12-7-5-11(14)15/h3-4,6,12H,2,5,7-8H2,1H3,(H,14,15). The minimum absolute atomic E-state index is 0.147. The van der Waals surface area contributed by atoms with Crippen LogP contribution in [0.15, 0.2) is 18.3 Å². The normalized spacial score (nSPS) is 10.2. The van der Waals surface area contributed by atoms with Crippen molar-refractivity contribution in [3.63, 3.8) is 0 Å². The van der Waals surface area contributed by atoms with Gasteiger partial charge in [0.2, 0.25) is 0 Å². The molecule has 0 amide bonds. The molecule has 82 valence electrons. The highest BCUT2D eigenvalue weighted by Gasteiger charge is 2.01. The number of carboxylic acids is 1. The second kappa shape index (κ2) is 6.14. The summed E-state index contributed by atoms with van der Waals surface area (Å²) in [6.45, 7) is 3.20. The van der Waals surface area contributed by atoms with E-state index in [1.54, 1.807) is 6.20 Å². The van der Waals surface area contributed by atoms with Crippen molar-refractivity contribution in [2.75, 3.05) is 6.54 Å². The van der Waals surface area contributed by atoms with E-state index in [0.29, 0.717) is 13.1 Å². The zero-order valence-corrected chi connectivity index (χ0v) is 8.86. The first-order chi connectivity index (χ1) is 7.24. The van der Waals surface area contributed by atoms with Crippen LogP contribution in [0.2, 0.25) is 0 Å². The van der Waals surface area contributed by atoms with E-state index >= 15 is 0 Å². The molecule has 0 saturated carbocycles. The predicted molar refractivity (Wildman–Crippen MR) is 57.6 cm³/mol. The molecule has 1 aromatic rings. The molecule has 1 aromatic heterocycles. The van der Waals surface area contributed by atoms with E-state index in [4.69, 9.17) is 5.11 Å². The number of carboxylic acid groups (broad SMARTS) is 1. The second-order valence-electron chi connectivity index (χ2n) is 3.28. The zero-order chi connectivity index (χ0) is 11.1. The van der Waals surface area contributed by atoms with Crippen LogP contribution in [0, 0.1) is 0 Å². The van der Waals surface area contributed by atoms with Gasteiger partial charge in [-0.3, -0.25) is 9.78 Å². The van der Waals surface area contributed by atoms with E-state index < -0.39 is 5.97 Å². The van der Waals surface area contributed by atoms with Gasteiger partial charge in [-0.05, 0) is 18.1 Å².